The molecule has 0 spiro atoms. The predicted octanol–water partition coefficient (Wildman–Crippen LogP) is 10.2. The molecule has 4 saturated heterocycles. The van der Waals surface area contributed by atoms with Gasteiger partial charge < -0.3 is 11.3 Å². The van der Waals surface area contributed by atoms with E-state index in [2.05, 4.69) is 81.2 Å². The second-order valence-electron chi connectivity index (χ2n) is 19.8. The van der Waals surface area contributed by atoms with E-state index in [4.69, 9.17) is 26.5 Å². The quantitative estimate of drug-likeness (QED) is 0.208. The summed E-state index contributed by atoms with van der Waals surface area (Å²) in [6.07, 6.45) is 19.3. The molecule has 0 atom stereocenters. The number of rotatable bonds is 10. The molecule has 4 aliphatic heterocycles. The second-order valence-corrected chi connectivity index (χ2v) is 19.8. The van der Waals surface area contributed by atoms with Gasteiger partial charge in [0.1, 0.15) is 11.4 Å². The van der Waals surface area contributed by atoms with Gasteiger partial charge in [0.05, 0.1) is 23.9 Å². The number of fused-ring (bicyclic) bond motifs is 4. The zero-order valence-corrected chi connectivity index (χ0v) is 32.5. The average Bonchev–Trinajstić information content (AvgIpc) is 3.66. The number of aryl methyl sites for hydroxylation is 2. The zero-order valence-electron chi connectivity index (χ0n) is 32.5. The Morgan fingerprint density at radius 1 is 0.580 bits per heavy atom. The van der Waals surface area contributed by atoms with Crippen LogP contribution in [0.1, 0.15) is 143 Å². The lowest BCUT2D eigenvalue weighted by molar-refractivity contribution is 0.421. The molecule has 4 N–H and O–H groups in total. The number of nitrogens with two attached hydrogens (primary N) is 2. The molecule has 9 heteroatoms. The smallest absolute Gasteiger partial charge is 0.111 e. The van der Waals surface area contributed by atoms with Crippen molar-refractivity contribution in [2.75, 3.05) is 0 Å². The third-order valence-corrected chi connectivity index (χ3v) is 14.6. The summed E-state index contributed by atoms with van der Waals surface area (Å²) in [4.78, 5) is 5.21. The molecule has 0 aromatic carbocycles. The van der Waals surface area contributed by atoms with Crippen molar-refractivity contribution < 1.29 is 0 Å². The summed E-state index contributed by atoms with van der Waals surface area (Å²) in [6.45, 7) is 15.6. The van der Waals surface area contributed by atoms with Gasteiger partial charge in [0.15, 0.2) is 0 Å². The molecule has 0 unspecified atom stereocenters. The summed E-state index contributed by atoms with van der Waals surface area (Å²) < 4.78 is 4.53. The van der Waals surface area contributed by atoms with Gasteiger partial charge in [-0.25, -0.2) is 4.98 Å². The molecule has 7 rings (SSSR count). The van der Waals surface area contributed by atoms with Crippen LogP contribution in [0.3, 0.4) is 0 Å². The highest BCUT2D eigenvalue weighted by atomic mass is 15.3. The minimum atomic E-state index is -0.763. The maximum Gasteiger partial charge on any atom is 0.111 e. The molecular weight excluding hydrogens is 612 g/mol. The monoisotopic (exact) mass is 680 g/mol. The predicted molar refractivity (Wildman–Crippen MR) is 213 cm³/mol. The molecule has 0 radical (unpaired) electrons. The van der Waals surface area contributed by atoms with Crippen molar-refractivity contribution in [1.29, 1.82) is 0 Å². The molecule has 7 nitrogen and oxygen atoms in total. The van der Waals surface area contributed by atoms with E-state index in [0.29, 0.717) is 0 Å². The summed E-state index contributed by atoms with van der Waals surface area (Å²) >= 11 is 0. The summed E-state index contributed by atoms with van der Waals surface area (Å²) in [5.41, 5.74) is 20.8. The van der Waals surface area contributed by atoms with Gasteiger partial charge in [-0.1, -0.05) is 138 Å². The van der Waals surface area contributed by atoms with Crippen molar-refractivity contribution in [1.82, 2.24) is 24.5 Å². The SMILES string of the molecule is CC(C)(C)c1cc(-c2cccc(-c3cc(C(C)(C)C)n(CCC[B-]4(N)C5CCCC4CCC5)n3)n2)nn1CCC[B-]1(N)C2CCCC1CCC2. The number of aromatic nitrogens is 5. The lowest BCUT2D eigenvalue weighted by Crippen LogP contribution is -2.57. The Morgan fingerprint density at radius 3 is 1.24 bits per heavy atom. The molecule has 274 valence electrons. The molecule has 0 amide bonds. The first-order valence-corrected chi connectivity index (χ1v) is 20.9. The van der Waals surface area contributed by atoms with Crippen LogP contribution in [0.4, 0.5) is 0 Å². The van der Waals surface area contributed by atoms with Gasteiger partial charge in [-0.15, -0.1) is 0 Å². The molecule has 4 fully saturated rings. The van der Waals surface area contributed by atoms with E-state index in [1.54, 1.807) is 0 Å². The van der Waals surface area contributed by atoms with E-state index in [1.807, 2.05) is 0 Å². The summed E-state index contributed by atoms with van der Waals surface area (Å²) in [5.74, 6) is 3.06. The molecule has 3 aromatic rings. The first-order chi connectivity index (χ1) is 23.8. The third-order valence-electron chi connectivity index (χ3n) is 14.6. The van der Waals surface area contributed by atoms with Crippen LogP contribution in [-0.4, -0.2) is 37.1 Å². The number of nitrogens with zero attached hydrogens (tertiary/aromatic N) is 5. The largest absolute Gasteiger partial charge is 0.501 e. The van der Waals surface area contributed by atoms with Crippen molar-refractivity contribution in [3.8, 4) is 22.8 Å². The zero-order chi connectivity index (χ0) is 35.3. The van der Waals surface area contributed by atoms with Crippen LogP contribution in [0.15, 0.2) is 30.3 Å². The first-order valence-electron chi connectivity index (χ1n) is 20.9. The Balaban J connectivity index is 1.09. The maximum absolute atomic E-state index is 7.30. The number of hydrogen-bond acceptors (Lipinski definition) is 5. The minimum absolute atomic E-state index is 0.0180. The number of hydrogen-bond donors (Lipinski definition) is 2. The second kappa shape index (κ2) is 13.9. The summed E-state index contributed by atoms with van der Waals surface area (Å²) in [7, 11) is 0. The van der Waals surface area contributed by atoms with Crippen LogP contribution < -0.4 is 11.3 Å². The van der Waals surface area contributed by atoms with E-state index in [0.717, 1.165) is 84.6 Å². The molecule has 0 aliphatic carbocycles. The Kier molecular flexibility index (Phi) is 9.99. The highest BCUT2D eigenvalue weighted by Crippen LogP contribution is 2.53. The molecule has 3 aromatic heterocycles. The van der Waals surface area contributed by atoms with Gasteiger partial charge in [0.2, 0.25) is 0 Å². The van der Waals surface area contributed by atoms with Gasteiger partial charge in [0.25, 0.3) is 0 Å². The minimum Gasteiger partial charge on any atom is -0.501 e. The first kappa shape index (κ1) is 36.0. The van der Waals surface area contributed by atoms with Gasteiger partial charge in [0, 0.05) is 35.3 Å². The van der Waals surface area contributed by atoms with Crippen LogP contribution >= 0.6 is 0 Å². The standard InChI is InChI=1S/C41H67B2N7/c1-40(2,3)38-28-36(47-49(38)26-12-24-42(44)30-14-7-15-31(42)17-8-16-30)34-22-11-23-35(46-34)37-29-39(41(4,5)6)50(48-37)27-13-25-43(45)32-18-9-19-33(43)21-10-20-32/h11,22-23,28-33H,7-10,12-21,24-27,44-45H2,1-6H3/q-2. The lowest BCUT2D eigenvalue weighted by atomic mass is 9.16. The van der Waals surface area contributed by atoms with Crippen LogP contribution in [0.5, 0.6) is 0 Å². The highest BCUT2D eigenvalue weighted by Gasteiger charge is 2.42. The molecule has 50 heavy (non-hydrogen) atoms. The molecule has 4 bridgehead atoms. The van der Waals surface area contributed by atoms with Crippen LogP contribution in [-0.2, 0) is 23.9 Å². The summed E-state index contributed by atoms with van der Waals surface area (Å²) in [5, 5.41) is 10.4. The third kappa shape index (κ3) is 7.04. The Labute approximate surface area is 303 Å². The van der Waals surface area contributed by atoms with Crippen molar-refractivity contribution in [3.05, 3.63) is 41.7 Å². The fourth-order valence-electron chi connectivity index (χ4n) is 11.9. The number of pyridine rings is 1. The normalized spacial score (nSPS) is 30.1. The van der Waals surface area contributed by atoms with E-state index < -0.39 is 12.6 Å². The Bertz CT molecular complexity index is 1470. The van der Waals surface area contributed by atoms with Gasteiger partial charge >= 0.3 is 0 Å². The summed E-state index contributed by atoms with van der Waals surface area (Å²) in [6, 6.07) is 10.9. The average molecular weight is 680 g/mol. The highest BCUT2D eigenvalue weighted by molar-refractivity contribution is 6.80. The van der Waals surface area contributed by atoms with Crippen LogP contribution in [0.2, 0.25) is 35.9 Å². The molecular formula is C41H67B2N7-2. The van der Waals surface area contributed by atoms with Gasteiger partial charge in [-0.05, 0) is 24.3 Å². The van der Waals surface area contributed by atoms with Crippen molar-refractivity contribution in [2.45, 2.75) is 191 Å². The van der Waals surface area contributed by atoms with Crippen molar-refractivity contribution in [2.24, 2.45) is 11.3 Å². The fraction of sp³-hybridized carbons (Fsp3) is 0.732. The van der Waals surface area contributed by atoms with E-state index in [9.17, 15) is 0 Å². The Morgan fingerprint density at radius 2 is 0.920 bits per heavy atom. The van der Waals surface area contributed by atoms with E-state index in [1.165, 1.54) is 88.4 Å². The molecule has 7 heterocycles. The van der Waals surface area contributed by atoms with Crippen LogP contribution in [0, 0.1) is 0 Å². The van der Waals surface area contributed by atoms with Crippen molar-refractivity contribution >= 4 is 12.6 Å². The maximum atomic E-state index is 7.30. The van der Waals surface area contributed by atoms with Gasteiger partial charge in [-0.3, -0.25) is 9.36 Å². The van der Waals surface area contributed by atoms with Gasteiger partial charge in [-0.2, -0.15) is 46.1 Å². The van der Waals surface area contributed by atoms with E-state index >= 15 is 0 Å². The topological polar surface area (TPSA) is 101 Å². The fourth-order valence-corrected chi connectivity index (χ4v) is 11.9. The van der Waals surface area contributed by atoms with Crippen molar-refractivity contribution in [3.63, 3.8) is 0 Å². The molecule has 0 saturated carbocycles. The Hall–Kier alpha value is -2.38. The van der Waals surface area contributed by atoms with E-state index in [-0.39, 0.29) is 10.8 Å². The molecule has 4 aliphatic rings. The van der Waals surface area contributed by atoms with Crippen LogP contribution in [0.25, 0.3) is 22.8 Å². The lowest BCUT2D eigenvalue weighted by Gasteiger charge is -2.57.